The Morgan fingerprint density at radius 1 is 0.629 bits per heavy atom. The van der Waals surface area contributed by atoms with Gasteiger partial charge in [0.2, 0.25) is 0 Å². The first-order valence-corrected chi connectivity index (χ1v) is 13.5. The lowest BCUT2D eigenvalue weighted by molar-refractivity contribution is 0.104. The van der Waals surface area contributed by atoms with Crippen molar-refractivity contribution in [3.05, 3.63) is 65.7 Å². The van der Waals surface area contributed by atoms with Crippen molar-refractivity contribution in [1.29, 1.82) is 0 Å². The molecule has 1 N–H and O–H groups in total. The second-order valence-electron chi connectivity index (χ2n) is 9.18. The van der Waals surface area contributed by atoms with E-state index in [4.69, 9.17) is 9.47 Å². The van der Waals surface area contributed by atoms with E-state index in [0.29, 0.717) is 24.3 Å². The summed E-state index contributed by atoms with van der Waals surface area (Å²) < 4.78 is 11.5. The number of benzene rings is 2. The van der Waals surface area contributed by atoms with Crippen LogP contribution in [0, 0.1) is 0 Å². The second-order valence-corrected chi connectivity index (χ2v) is 9.18. The minimum atomic E-state index is -0.246. The van der Waals surface area contributed by atoms with Gasteiger partial charge < -0.3 is 14.6 Å². The van der Waals surface area contributed by atoms with Gasteiger partial charge in [-0.1, -0.05) is 78.1 Å². The molecule has 0 radical (unpaired) electrons. The second kappa shape index (κ2) is 17.7. The minimum absolute atomic E-state index is 0.0560. The number of unbranched alkanes of at least 4 members (excludes halogenated alkanes) is 10. The van der Waals surface area contributed by atoms with Gasteiger partial charge in [0.1, 0.15) is 17.3 Å². The highest BCUT2D eigenvalue weighted by atomic mass is 16.5. The minimum Gasteiger partial charge on any atom is -0.507 e. The molecule has 0 heterocycles. The molecule has 192 valence electrons. The average Bonchev–Trinajstić information content (AvgIpc) is 2.88. The van der Waals surface area contributed by atoms with E-state index in [1.807, 2.05) is 12.1 Å². The Labute approximate surface area is 212 Å². The molecule has 35 heavy (non-hydrogen) atoms. The SMILES string of the molecule is CCCCCCCCCCCCOc1ccc(/C(O)=C/C(=O)c2ccc(OCCCC)cc2)cc1. The number of rotatable bonds is 19. The Hall–Kier alpha value is -2.75. The summed E-state index contributed by atoms with van der Waals surface area (Å²) >= 11 is 0. The first-order valence-electron chi connectivity index (χ1n) is 13.5. The summed E-state index contributed by atoms with van der Waals surface area (Å²) in [5.41, 5.74) is 1.10. The third kappa shape index (κ3) is 12.0. The van der Waals surface area contributed by atoms with Crippen molar-refractivity contribution >= 4 is 11.5 Å². The molecule has 4 heteroatoms. The highest BCUT2D eigenvalue weighted by Crippen LogP contribution is 2.20. The first kappa shape index (κ1) is 28.5. The van der Waals surface area contributed by atoms with E-state index in [1.165, 1.54) is 63.9 Å². The fourth-order valence-corrected chi connectivity index (χ4v) is 3.84. The van der Waals surface area contributed by atoms with Gasteiger partial charge >= 0.3 is 0 Å². The molecule has 0 atom stereocenters. The molecule has 0 saturated heterocycles. The summed E-state index contributed by atoms with van der Waals surface area (Å²) in [5.74, 6) is 1.22. The number of ether oxygens (including phenoxy) is 2. The van der Waals surface area contributed by atoms with Crippen molar-refractivity contribution in [2.75, 3.05) is 13.2 Å². The predicted molar refractivity (Wildman–Crippen MR) is 146 cm³/mol. The summed E-state index contributed by atoms with van der Waals surface area (Å²) in [6, 6.07) is 14.2. The number of ketones is 1. The molecule has 0 amide bonds. The molecule has 0 aromatic heterocycles. The van der Waals surface area contributed by atoms with Gasteiger partial charge in [-0.25, -0.2) is 0 Å². The third-order valence-corrected chi connectivity index (χ3v) is 6.09. The maximum absolute atomic E-state index is 12.5. The van der Waals surface area contributed by atoms with Crippen LogP contribution in [-0.2, 0) is 0 Å². The van der Waals surface area contributed by atoms with Gasteiger partial charge in [-0.3, -0.25) is 4.79 Å². The van der Waals surface area contributed by atoms with E-state index in [1.54, 1.807) is 36.4 Å². The number of allylic oxidation sites excluding steroid dienone is 1. The molecule has 0 bridgehead atoms. The standard InChI is InChI=1S/C31H44O4/c1-3-5-7-8-9-10-11-12-13-14-24-35-29-21-17-27(18-22-29)31(33)25-30(32)26-15-19-28(20-16-26)34-23-6-4-2/h15-22,25,33H,3-14,23-24H2,1-2H3/b31-25-. The van der Waals surface area contributed by atoms with Gasteiger partial charge in [0, 0.05) is 17.2 Å². The lowest BCUT2D eigenvalue weighted by atomic mass is 10.1. The van der Waals surface area contributed by atoms with Gasteiger partial charge in [-0.05, 0) is 61.4 Å². The molecule has 4 nitrogen and oxygen atoms in total. The monoisotopic (exact) mass is 480 g/mol. The van der Waals surface area contributed by atoms with E-state index in [-0.39, 0.29) is 11.5 Å². The summed E-state index contributed by atoms with van der Waals surface area (Å²) in [4.78, 5) is 12.5. The summed E-state index contributed by atoms with van der Waals surface area (Å²) in [6.07, 6.45) is 16.4. The Balaban J connectivity index is 1.68. The van der Waals surface area contributed by atoms with Crippen molar-refractivity contribution in [3.63, 3.8) is 0 Å². The van der Waals surface area contributed by atoms with E-state index in [0.717, 1.165) is 30.8 Å². The van der Waals surface area contributed by atoms with Gasteiger partial charge in [0.15, 0.2) is 5.78 Å². The maximum atomic E-state index is 12.5. The average molecular weight is 481 g/mol. The number of hydrogen-bond donors (Lipinski definition) is 1. The predicted octanol–water partition coefficient (Wildman–Crippen LogP) is 8.95. The van der Waals surface area contributed by atoms with E-state index in [2.05, 4.69) is 13.8 Å². The molecule has 0 aliphatic rings. The van der Waals surface area contributed by atoms with Crippen LogP contribution in [0.3, 0.4) is 0 Å². The van der Waals surface area contributed by atoms with Crippen molar-refractivity contribution in [1.82, 2.24) is 0 Å². The van der Waals surface area contributed by atoms with Crippen LogP contribution in [0.25, 0.3) is 5.76 Å². The van der Waals surface area contributed by atoms with E-state index < -0.39 is 0 Å². The molecule has 0 unspecified atom stereocenters. The Morgan fingerprint density at radius 2 is 1.06 bits per heavy atom. The van der Waals surface area contributed by atoms with E-state index >= 15 is 0 Å². The van der Waals surface area contributed by atoms with Gasteiger partial charge in [-0.15, -0.1) is 0 Å². The van der Waals surface area contributed by atoms with Crippen LogP contribution >= 0.6 is 0 Å². The summed E-state index contributed by atoms with van der Waals surface area (Å²) in [5, 5.41) is 10.4. The molecule has 2 rings (SSSR count). The van der Waals surface area contributed by atoms with Crippen LogP contribution in [0.4, 0.5) is 0 Å². The van der Waals surface area contributed by atoms with Gasteiger partial charge in [0.25, 0.3) is 0 Å². The lowest BCUT2D eigenvalue weighted by Crippen LogP contribution is -1.99. The van der Waals surface area contributed by atoms with Crippen LogP contribution in [0.15, 0.2) is 54.6 Å². The Morgan fingerprint density at radius 3 is 1.57 bits per heavy atom. The first-order chi connectivity index (χ1) is 17.1. The van der Waals surface area contributed by atoms with Crippen LogP contribution in [-0.4, -0.2) is 24.1 Å². The van der Waals surface area contributed by atoms with Crippen molar-refractivity contribution < 1.29 is 19.4 Å². The number of carbonyl (C=O) groups is 1. The molecule has 0 aliphatic carbocycles. The number of aliphatic hydroxyl groups is 1. The van der Waals surface area contributed by atoms with Crippen molar-refractivity contribution in [3.8, 4) is 11.5 Å². The topological polar surface area (TPSA) is 55.8 Å². The van der Waals surface area contributed by atoms with Crippen LogP contribution in [0.1, 0.15) is 107 Å². The fourth-order valence-electron chi connectivity index (χ4n) is 3.84. The van der Waals surface area contributed by atoms with Crippen molar-refractivity contribution in [2.45, 2.75) is 90.9 Å². The zero-order valence-electron chi connectivity index (χ0n) is 21.8. The van der Waals surface area contributed by atoms with Gasteiger partial charge in [-0.2, -0.15) is 0 Å². The molecule has 0 fully saturated rings. The molecule has 0 aliphatic heterocycles. The third-order valence-electron chi connectivity index (χ3n) is 6.09. The molecule has 2 aromatic carbocycles. The van der Waals surface area contributed by atoms with Crippen LogP contribution < -0.4 is 9.47 Å². The fraction of sp³-hybridized carbons (Fsp3) is 0.516. The quantitative estimate of drug-likeness (QED) is 0.0943. The molecule has 2 aromatic rings. The highest BCUT2D eigenvalue weighted by molar-refractivity contribution is 6.07. The molecular formula is C31H44O4. The number of aliphatic hydroxyl groups excluding tert-OH is 1. The Bertz CT molecular complexity index is 853. The molecule has 0 spiro atoms. The van der Waals surface area contributed by atoms with E-state index in [9.17, 15) is 9.90 Å². The summed E-state index contributed by atoms with van der Waals surface area (Å²) in [7, 11) is 0. The Kier molecular flexibility index (Phi) is 14.4. The maximum Gasteiger partial charge on any atom is 0.189 e. The molecule has 0 saturated carbocycles. The number of carbonyl (C=O) groups excluding carboxylic acids is 1. The van der Waals surface area contributed by atoms with Crippen molar-refractivity contribution in [2.24, 2.45) is 0 Å². The lowest BCUT2D eigenvalue weighted by Gasteiger charge is -2.08. The smallest absolute Gasteiger partial charge is 0.189 e. The van der Waals surface area contributed by atoms with Crippen LogP contribution in [0.5, 0.6) is 11.5 Å². The highest BCUT2D eigenvalue weighted by Gasteiger charge is 2.07. The number of hydrogen-bond acceptors (Lipinski definition) is 4. The van der Waals surface area contributed by atoms with Crippen LogP contribution in [0.2, 0.25) is 0 Å². The normalized spacial score (nSPS) is 11.4. The zero-order chi connectivity index (χ0) is 25.1. The molecular weight excluding hydrogens is 436 g/mol. The zero-order valence-corrected chi connectivity index (χ0v) is 21.8. The van der Waals surface area contributed by atoms with Gasteiger partial charge in [0.05, 0.1) is 13.2 Å². The summed E-state index contributed by atoms with van der Waals surface area (Å²) in [6.45, 7) is 5.74. The largest absolute Gasteiger partial charge is 0.507 e.